The van der Waals surface area contributed by atoms with Crippen molar-refractivity contribution < 1.29 is 9.15 Å². The molecule has 0 bridgehead atoms. The van der Waals surface area contributed by atoms with E-state index in [4.69, 9.17) is 14.3 Å². The first-order chi connectivity index (χ1) is 20.5. The summed E-state index contributed by atoms with van der Waals surface area (Å²) < 4.78 is 15.6. The first kappa shape index (κ1) is 25.9. The van der Waals surface area contributed by atoms with Crippen molar-refractivity contribution in [2.24, 2.45) is 0 Å². The van der Waals surface area contributed by atoms with Crippen LogP contribution in [0.4, 0.5) is 0 Å². The second-order valence-electron chi connectivity index (χ2n) is 10.1. The average molecular weight is 574 g/mol. The number of aromatic nitrogens is 5. The minimum absolute atomic E-state index is 0.235. The maximum Gasteiger partial charge on any atom is 0.291 e. The number of hydrogen-bond acceptors (Lipinski definition) is 7. The third-order valence-electron chi connectivity index (χ3n) is 7.20. The standard InChI is InChI=1S/C33H27N5O3S/c1-4-16-40-24-14-15-25(20(2)17-24)29-22(19-37(35-29)23-10-6-5-7-11-23)18-28-32(39)38-33(42-28)34-31(36-38)30-21(3)26-12-8-9-13-27(26)41-30/h5-15,17-19H,4,16H2,1-3H3/b28-18-. The Morgan fingerprint density at radius 2 is 1.81 bits per heavy atom. The lowest BCUT2D eigenvalue weighted by atomic mass is 10.0. The van der Waals surface area contributed by atoms with E-state index < -0.39 is 0 Å². The third-order valence-corrected chi connectivity index (χ3v) is 8.16. The second-order valence-corrected chi connectivity index (χ2v) is 11.1. The van der Waals surface area contributed by atoms with Crippen molar-refractivity contribution in [1.82, 2.24) is 24.4 Å². The molecule has 0 unspecified atom stereocenters. The number of aryl methyl sites for hydroxylation is 2. The van der Waals surface area contributed by atoms with Gasteiger partial charge in [-0.2, -0.15) is 14.6 Å². The van der Waals surface area contributed by atoms with Gasteiger partial charge in [0.2, 0.25) is 10.8 Å². The lowest BCUT2D eigenvalue weighted by Gasteiger charge is -2.09. The van der Waals surface area contributed by atoms with Crippen LogP contribution in [0, 0.1) is 13.8 Å². The summed E-state index contributed by atoms with van der Waals surface area (Å²) in [5, 5.41) is 10.5. The van der Waals surface area contributed by atoms with Crippen molar-refractivity contribution in [1.29, 1.82) is 0 Å². The summed E-state index contributed by atoms with van der Waals surface area (Å²) in [5.41, 5.74) is 6.00. The van der Waals surface area contributed by atoms with Crippen LogP contribution in [-0.4, -0.2) is 31.0 Å². The van der Waals surface area contributed by atoms with E-state index in [1.165, 1.54) is 15.9 Å². The highest BCUT2D eigenvalue weighted by Crippen LogP contribution is 2.32. The molecule has 208 valence electrons. The molecule has 0 radical (unpaired) electrons. The molecule has 0 N–H and O–H groups in total. The van der Waals surface area contributed by atoms with Crippen LogP contribution in [0.2, 0.25) is 0 Å². The molecule has 0 aliphatic carbocycles. The summed E-state index contributed by atoms with van der Waals surface area (Å²) in [5.74, 6) is 1.80. The topological polar surface area (TPSA) is 87.4 Å². The van der Waals surface area contributed by atoms with Crippen molar-refractivity contribution in [3.05, 3.63) is 111 Å². The number of benzene rings is 3. The monoisotopic (exact) mass is 573 g/mol. The molecule has 4 heterocycles. The number of rotatable bonds is 7. The molecular weight excluding hydrogens is 546 g/mol. The van der Waals surface area contributed by atoms with E-state index in [2.05, 4.69) is 17.0 Å². The maximum absolute atomic E-state index is 13.5. The first-order valence-corrected chi connectivity index (χ1v) is 14.6. The van der Waals surface area contributed by atoms with Crippen LogP contribution in [0.15, 0.2) is 88.2 Å². The number of para-hydroxylation sites is 2. The van der Waals surface area contributed by atoms with Gasteiger partial charge in [-0.3, -0.25) is 4.79 Å². The van der Waals surface area contributed by atoms with Crippen molar-refractivity contribution in [2.45, 2.75) is 27.2 Å². The van der Waals surface area contributed by atoms with E-state index in [1.54, 1.807) is 0 Å². The molecule has 0 amide bonds. The number of thiazole rings is 1. The van der Waals surface area contributed by atoms with Gasteiger partial charge in [0, 0.05) is 28.3 Å². The van der Waals surface area contributed by atoms with Crippen LogP contribution in [0.1, 0.15) is 30.0 Å². The van der Waals surface area contributed by atoms with E-state index in [0.717, 1.165) is 56.8 Å². The molecule has 7 rings (SSSR count). The van der Waals surface area contributed by atoms with Gasteiger partial charge in [0.05, 0.1) is 16.8 Å². The number of ether oxygens (including phenoxy) is 1. The Hall–Kier alpha value is -5.02. The maximum atomic E-state index is 13.5. The van der Waals surface area contributed by atoms with E-state index in [0.29, 0.717) is 27.7 Å². The van der Waals surface area contributed by atoms with E-state index in [9.17, 15) is 4.79 Å². The minimum atomic E-state index is -0.235. The zero-order valence-electron chi connectivity index (χ0n) is 23.4. The van der Waals surface area contributed by atoms with Gasteiger partial charge in [-0.1, -0.05) is 54.7 Å². The molecule has 3 aromatic carbocycles. The number of hydrogen-bond donors (Lipinski definition) is 0. The van der Waals surface area contributed by atoms with Crippen LogP contribution in [-0.2, 0) is 0 Å². The zero-order chi connectivity index (χ0) is 28.8. The average Bonchev–Trinajstić information content (AvgIpc) is 3.76. The highest BCUT2D eigenvalue weighted by atomic mass is 32.1. The molecule has 0 aliphatic heterocycles. The molecule has 9 heteroatoms. The predicted octanol–water partition coefficient (Wildman–Crippen LogP) is 6.37. The van der Waals surface area contributed by atoms with Gasteiger partial charge in [0.25, 0.3) is 5.56 Å². The van der Waals surface area contributed by atoms with Gasteiger partial charge in [-0.05, 0) is 68.3 Å². The Labute approximate surface area is 245 Å². The Morgan fingerprint density at radius 3 is 2.57 bits per heavy atom. The number of furan rings is 1. The van der Waals surface area contributed by atoms with Crippen LogP contribution < -0.4 is 14.8 Å². The molecule has 42 heavy (non-hydrogen) atoms. The summed E-state index contributed by atoms with van der Waals surface area (Å²) in [6, 6.07) is 23.7. The quantitative estimate of drug-likeness (QED) is 0.220. The molecule has 8 nitrogen and oxygen atoms in total. The smallest absolute Gasteiger partial charge is 0.291 e. The van der Waals surface area contributed by atoms with Crippen molar-refractivity contribution >= 4 is 33.3 Å². The minimum Gasteiger partial charge on any atom is -0.494 e. The van der Waals surface area contributed by atoms with Gasteiger partial charge in [0.15, 0.2) is 5.76 Å². The Bertz CT molecular complexity index is 2190. The fourth-order valence-corrected chi connectivity index (χ4v) is 5.98. The molecule has 7 aromatic rings. The zero-order valence-corrected chi connectivity index (χ0v) is 24.2. The summed E-state index contributed by atoms with van der Waals surface area (Å²) in [7, 11) is 0. The van der Waals surface area contributed by atoms with Gasteiger partial charge in [-0.25, -0.2) is 4.68 Å². The van der Waals surface area contributed by atoms with Gasteiger partial charge in [0.1, 0.15) is 17.0 Å². The molecule has 0 spiro atoms. The third kappa shape index (κ3) is 4.48. The predicted molar refractivity (Wildman–Crippen MR) is 165 cm³/mol. The Balaban J connectivity index is 1.34. The van der Waals surface area contributed by atoms with Crippen LogP contribution >= 0.6 is 11.3 Å². The normalized spacial score (nSPS) is 12.1. The van der Waals surface area contributed by atoms with Gasteiger partial charge < -0.3 is 9.15 Å². The van der Waals surface area contributed by atoms with E-state index in [-0.39, 0.29) is 5.56 Å². The lowest BCUT2D eigenvalue weighted by molar-refractivity contribution is 0.317. The summed E-state index contributed by atoms with van der Waals surface area (Å²) in [6.45, 7) is 6.77. The number of nitrogens with zero attached hydrogens (tertiary/aromatic N) is 5. The van der Waals surface area contributed by atoms with Crippen LogP contribution in [0.5, 0.6) is 5.75 Å². The largest absolute Gasteiger partial charge is 0.494 e. The highest BCUT2D eigenvalue weighted by Gasteiger charge is 2.20. The van der Waals surface area contributed by atoms with E-state index >= 15 is 0 Å². The fourth-order valence-electron chi connectivity index (χ4n) is 5.09. The SMILES string of the molecule is CCCOc1ccc(-c2nn(-c3ccccc3)cc2/C=c2\sc3nc(-c4oc5ccccc5c4C)nn3c2=O)c(C)c1. The highest BCUT2D eigenvalue weighted by molar-refractivity contribution is 7.15. The molecule has 0 saturated carbocycles. The molecule has 0 fully saturated rings. The van der Waals surface area contributed by atoms with Crippen molar-refractivity contribution in [3.8, 4) is 34.3 Å². The second kappa shape index (κ2) is 10.4. The molecule has 0 aliphatic rings. The first-order valence-electron chi connectivity index (χ1n) is 13.8. The van der Waals surface area contributed by atoms with E-state index in [1.807, 2.05) is 104 Å². The summed E-state index contributed by atoms with van der Waals surface area (Å²) in [4.78, 5) is 18.7. The lowest BCUT2D eigenvalue weighted by Crippen LogP contribution is -2.23. The Kier molecular flexibility index (Phi) is 6.43. The van der Waals surface area contributed by atoms with Crippen molar-refractivity contribution in [2.75, 3.05) is 6.61 Å². The molecule has 4 aromatic heterocycles. The van der Waals surface area contributed by atoms with Gasteiger partial charge >= 0.3 is 0 Å². The summed E-state index contributed by atoms with van der Waals surface area (Å²) in [6.07, 6.45) is 4.76. The molecule has 0 atom stereocenters. The molecule has 0 saturated heterocycles. The molecular formula is C33H27N5O3S. The number of fused-ring (bicyclic) bond motifs is 2. The fraction of sp³-hybridized carbons (Fsp3) is 0.152. The van der Waals surface area contributed by atoms with Gasteiger partial charge in [-0.15, -0.1) is 5.10 Å². The van der Waals surface area contributed by atoms with Crippen LogP contribution in [0.3, 0.4) is 0 Å². The van der Waals surface area contributed by atoms with Crippen LogP contribution in [0.25, 0.3) is 50.5 Å². The van der Waals surface area contributed by atoms with Crippen molar-refractivity contribution in [3.63, 3.8) is 0 Å². The summed E-state index contributed by atoms with van der Waals surface area (Å²) >= 11 is 1.29. The Morgan fingerprint density at radius 1 is 1.00 bits per heavy atom.